The number of piperidine rings is 1. The topological polar surface area (TPSA) is 105 Å². The molecule has 1 aliphatic heterocycles. The molecule has 2 N–H and O–H groups in total. The third-order valence-corrected chi connectivity index (χ3v) is 6.10. The number of nitrogens with zero attached hydrogens (tertiary/aromatic N) is 5. The van der Waals surface area contributed by atoms with Gasteiger partial charge in [-0.1, -0.05) is 6.07 Å². The molecule has 1 aliphatic rings. The molecular weight excluding hydrogens is 515 g/mol. The van der Waals surface area contributed by atoms with E-state index < -0.39 is 47.1 Å². The maximum Gasteiger partial charge on any atom is 0.421 e. The number of aromatic nitrogens is 4. The van der Waals surface area contributed by atoms with Crippen LogP contribution in [-0.4, -0.2) is 72.5 Å². The van der Waals surface area contributed by atoms with Crippen molar-refractivity contribution < 1.29 is 36.6 Å². The molecule has 0 radical (unpaired) electrons. The second-order valence-corrected chi connectivity index (χ2v) is 10.2. The van der Waals surface area contributed by atoms with E-state index in [0.29, 0.717) is 6.92 Å². The summed E-state index contributed by atoms with van der Waals surface area (Å²) in [6.45, 7) is 5.83. The first-order valence-electron chi connectivity index (χ1n) is 11.7. The van der Waals surface area contributed by atoms with Gasteiger partial charge in [0, 0.05) is 24.8 Å². The Balaban J connectivity index is 1.63. The smallest absolute Gasteiger partial charge is 0.421 e. The molecule has 1 amide bonds. The Hall–Kier alpha value is -3.55. The Morgan fingerprint density at radius 2 is 1.87 bits per heavy atom. The standard InChI is InChI=1S/C24H27F5N6O3/c1-22(2,3)38-21(36)34-8-7-14(25)16(12-34)32-20-31-9-15(26)19(33-20)17-10-30-18-6-5-13(11-35(17)18)23(4,37)24(27,28)29/h5-6,9-11,14,16,37H,7-8,12H2,1-4H3,(H,31,32,33)/t14-,16-,23+/m0/s1. The van der Waals surface area contributed by atoms with Gasteiger partial charge in [-0.25, -0.2) is 28.5 Å². The van der Waals surface area contributed by atoms with Crippen LogP contribution in [0.25, 0.3) is 17.0 Å². The van der Waals surface area contributed by atoms with Crippen LogP contribution in [0.5, 0.6) is 0 Å². The molecule has 3 aromatic heterocycles. The molecule has 0 bridgehead atoms. The van der Waals surface area contributed by atoms with Crippen LogP contribution >= 0.6 is 0 Å². The fraction of sp³-hybridized carbons (Fsp3) is 0.500. The van der Waals surface area contributed by atoms with E-state index in [0.717, 1.165) is 22.9 Å². The number of aliphatic hydroxyl groups is 1. The fourth-order valence-corrected chi connectivity index (χ4v) is 3.94. The molecule has 0 unspecified atom stereocenters. The molecule has 0 aliphatic carbocycles. The minimum Gasteiger partial charge on any atom is -0.444 e. The third kappa shape index (κ3) is 5.49. The highest BCUT2D eigenvalue weighted by atomic mass is 19.4. The van der Waals surface area contributed by atoms with Crippen LogP contribution < -0.4 is 5.32 Å². The van der Waals surface area contributed by atoms with Crippen LogP contribution in [0.3, 0.4) is 0 Å². The number of rotatable bonds is 4. The van der Waals surface area contributed by atoms with Crippen LogP contribution in [0.1, 0.15) is 39.7 Å². The second-order valence-electron chi connectivity index (χ2n) is 10.2. The van der Waals surface area contributed by atoms with E-state index in [9.17, 15) is 31.9 Å². The summed E-state index contributed by atoms with van der Waals surface area (Å²) in [6.07, 6.45) is -3.87. The van der Waals surface area contributed by atoms with Gasteiger partial charge in [0.05, 0.1) is 24.1 Å². The predicted octanol–water partition coefficient (Wildman–Crippen LogP) is 4.46. The van der Waals surface area contributed by atoms with Crippen LogP contribution in [0.2, 0.25) is 0 Å². The largest absolute Gasteiger partial charge is 0.444 e. The number of likely N-dealkylation sites (tertiary alicyclic amines) is 1. The molecule has 0 saturated carbocycles. The lowest BCUT2D eigenvalue weighted by Gasteiger charge is -2.36. The average molecular weight is 543 g/mol. The minimum atomic E-state index is -4.96. The van der Waals surface area contributed by atoms with Crippen LogP contribution in [0, 0.1) is 5.82 Å². The molecule has 0 aromatic carbocycles. The molecule has 206 valence electrons. The third-order valence-electron chi connectivity index (χ3n) is 6.10. The number of pyridine rings is 1. The van der Waals surface area contributed by atoms with Gasteiger partial charge in [-0.3, -0.25) is 4.40 Å². The molecule has 14 heteroatoms. The van der Waals surface area contributed by atoms with Crippen LogP contribution in [0.4, 0.5) is 32.7 Å². The van der Waals surface area contributed by atoms with Crippen molar-refractivity contribution in [3.8, 4) is 11.4 Å². The zero-order chi connectivity index (χ0) is 28.0. The van der Waals surface area contributed by atoms with Gasteiger partial charge in [-0.2, -0.15) is 13.2 Å². The van der Waals surface area contributed by atoms with Crippen molar-refractivity contribution >= 4 is 17.7 Å². The van der Waals surface area contributed by atoms with Crippen molar-refractivity contribution in [2.45, 2.75) is 63.7 Å². The molecule has 1 saturated heterocycles. The molecule has 3 aromatic rings. The maximum atomic E-state index is 14.8. The van der Waals surface area contributed by atoms with Crippen molar-refractivity contribution in [3.05, 3.63) is 42.1 Å². The number of hydrogen-bond acceptors (Lipinski definition) is 7. The van der Waals surface area contributed by atoms with E-state index in [2.05, 4.69) is 20.3 Å². The van der Waals surface area contributed by atoms with Gasteiger partial charge in [0.2, 0.25) is 5.95 Å². The van der Waals surface area contributed by atoms with Crippen molar-refractivity contribution in [2.75, 3.05) is 18.4 Å². The first-order chi connectivity index (χ1) is 17.6. The number of alkyl halides is 4. The second kappa shape index (κ2) is 9.64. The van der Waals surface area contributed by atoms with Crippen molar-refractivity contribution in [2.24, 2.45) is 0 Å². The SMILES string of the molecule is CC(C)(C)OC(=O)N1CC[C@H](F)[C@@H](Nc2ncc(F)c(-c3cnc4ccc([C@@](C)(O)C(F)(F)F)cn34)n2)C1. The maximum absolute atomic E-state index is 14.8. The van der Waals surface area contributed by atoms with Crippen LogP contribution in [-0.2, 0) is 10.3 Å². The number of ether oxygens (including phenoxy) is 1. The van der Waals surface area contributed by atoms with E-state index in [1.807, 2.05) is 0 Å². The Morgan fingerprint density at radius 3 is 2.53 bits per heavy atom. The van der Waals surface area contributed by atoms with Gasteiger partial charge in [0.25, 0.3) is 0 Å². The highest BCUT2D eigenvalue weighted by Crippen LogP contribution is 2.39. The number of imidazole rings is 1. The number of halogens is 5. The summed E-state index contributed by atoms with van der Waals surface area (Å²) in [7, 11) is 0. The minimum absolute atomic E-state index is 0.0152. The summed E-state index contributed by atoms with van der Waals surface area (Å²) in [5.74, 6) is -1.06. The van der Waals surface area contributed by atoms with Gasteiger partial charge in [0.1, 0.15) is 23.1 Å². The van der Waals surface area contributed by atoms with Gasteiger partial charge in [-0.15, -0.1) is 0 Å². The quantitative estimate of drug-likeness (QED) is 0.469. The number of fused-ring (bicyclic) bond motifs is 1. The van der Waals surface area contributed by atoms with Crippen molar-refractivity contribution in [3.63, 3.8) is 0 Å². The summed E-state index contributed by atoms with van der Waals surface area (Å²) >= 11 is 0. The lowest BCUT2D eigenvalue weighted by atomic mass is 9.97. The number of amides is 1. The first-order valence-corrected chi connectivity index (χ1v) is 11.7. The average Bonchev–Trinajstić information content (AvgIpc) is 3.23. The Kier molecular flexibility index (Phi) is 6.97. The highest BCUT2D eigenvalue weighted by molar-refractivity contribution is 5.68. The predicted molar refractivity (Wildman–Crippen MR) is 127 cm³/mol. The summed E-state index contributed by atoms with van der Waals surface area (Å²) in [5, 5.41) is 12.8. The van der Waals surface area contributed by atoms with E-state index in [-0.39, 0.29) is 42.5 Å². The summed E-state index contributed by atoms with van der Waals surface area (Å²) in [5.41, 5.74) is -4.54. The van der Waals surface area contributed by atoms with Gasteiger partial charge in [0.15, 0.2) is 11.4 Å². The number of anilines is 1. The normalized spacial score (nSPS) is 20.3. The molecule has 9 nitrogen and oxygen atoms in total. The molecule has 4 heterocycles. The van der Waals surface area contributed by atoms with Crippen molar-refractivity contribution in [1.82, 2.24) is 24.3 Å². The lowest BCUT2D eigenvalue weighted by Crippen LogP contribution is -2.52. The van der Waals surface area contributed by atoms with Gasteiger partial charge < -0.3 is 20.1 Å². The Bertz CT molecular complexity index is 1340. The summed E-state index contributed by atoms with van der Waals surface area (Å²) in [6, 6.07) is 1.40. The van der Waals surface area contributed by atoms with E-state index >= 15 is 0 Å². The zero-order valence-corrected chi connectivity index (χ0v) is 21.1. The van der Waals surface area contributed by atoms with E-state index in [1.165, 1.54) is 17.2 Å². The molecule has 38 heavy (non-hydrogen) atoms. The molecule has 3 atom stereocenters. The Morgan fingerprint density at radius 1 is 1.16 bits per heavy atom. The Labute approximate surface area is 214 Å². The van der Waals surface area contributed by atoms with Gasteiger partial charge in [-0.05, 0) is 40.2 Å². The van der Waals surface area contributed by atoms with Crippen molar-refractivity contribution in [1.29, 1.82) is 0 Å². The molecule has 0 spiro atoms. The molecule has 1 fully saturated rings. The number of nitrogens with one attached hydrogen (secondary N) is 1. The van der Waals surface area contributed by atoms with Gasteiger partial charge >= 0.3 is 12.3 Å². The number of carbonyl (C=O) groups excluding carboxylic acids is 1. The summed E-state index contributed by atoms with van der Waals surface area (Å²) in [4.78, 5) is 25.8. The fourth-order valence-electron chi connectivity index (χ4n) is 3.94. The van der Waals surface area contributed by atoms with E-state index in [4.69, 9.17) is 4.74 Å². The monoisotopic (exact) mass is 542 g/mol. The first kappa shape index (κ1) is 27.5. The molecule has 4 rings (SSSR count). The molecular formula is C24H27F5N6O3. The van der Waals surface area contributed by atoms with Crippen LogP contribution in [0.15, 0.2) is 30.7 Å². The van der Waals surface area contributed by atoms with E-state index in [1.54, 1.807) is 20.8 Å². The summed E-state index contributed by atoms with van der Waals surface area (Å²) < 4.78 is 76.1. The lowest BCUT2D eigenvalue weighted by molar-refractivity contribution is -0.259. The number of hydrogen-bond donors (Lipinski definition) is 2. The zero-order valence-electron chi connectivity index (χ0n) is 21.1. The number of carbonyl (C=O) groups is 1. The highest BCUT2D eigenvalue weighted by Gasteiger charge is 2.51.